The highest BCUT2D eigenvalue weighted by Crippen LogP contribution is 2.33. The smallest absolute Gasteiger partial charge is 0.234 e. The second kappa shape index (κ2) is 6.70. The van der Waals surface area contributed by atoms with Crippen LogP contribution in [0, 0.1) is 0 Å². The van der Waals surface area contributed by atoms with Crippen molar-refractivity contribution in [2.75, 3.05) is 27.9 Å². The minimum Gasteiger partial charge on any atom is -0.496 e. The Balaban J connectivity index is 3.03. The van der Waals surface area contributed by atoms with Crippen LogP contribution in [0.3, 0.4) is 0 Å². The zero-order valence-electron chi connectivity index (χ0n) is 10.8. The van der Waals surface area contributed by atoms with Crippen molar-refractivity contribution in [3.05, 3.63) is 17.7 Å². The number of nitrogens with one attached hydrogen (secondary N) is 1. The molecule has 0 bridgehead atoms. The summed E-state index contributed by atoms with van der Waals surface area (Å²) in [7, 11) is 4.65. The Morgan fingerprint density at radius 3 is 2.11 bits per heavy atom. The molecule has 6 heteroatoms. The van der Waals surface area contributed by atoms with Crippen molar-refractivity contribution in [3.63, 3.8) is 0 Å². The van der Waals surface area contributed by atoms with Crippen molar-refractivity contribution >= 4 is 5.91 Å². The number of carbonyl (C=O) groups is 1. The SMILES string of the molecule is COc1cc(OC)c(CNC(=O)CN)c(OC)c1. The van der Waals surface area contributed by atoms with Gasteiger partial charge in [0, 0.05) is 12.1 Å². The average Bonchev–Trinajstić information content (AvgIpc) is 2.43. The quantitative estimate of drug-likeness (QED) is 0.762. The van der Waals surface area contributed by atoms with E-state index in [1.807, 2.05) is 0 Å². The number of carbonyl (C=O) groups excluding carboxylic acids is 1. The molecular weight excluding hydrogens is 236 g/mol. The van der Waals surface area contributed by atoms with Gasteiger partial charge < -0.3 is 25.3 Å². The van der Waals surface area contributed by atoms with Crippen LogP contribution in [0.25, 0.3) is 0 Å². The summed E-state index contributed by atoms with van der Waals surface area (Å²) in [5.74, 6) is 1.56. The molecule has 0 spiro atoms. The molecule has 100 valence electrons. The van der Waals surface area contributed by atoms with Crippen molar-refractivity contribution < 1.29 is 19.0 Å². The van der Waals surface area contributed by atoms with Gasteiger partial charge in [0.05, 0.1) is 40.0 Å². The van der Waals surface area contributed by atoms with E-state index in [1.54, 1.807) is 33.5 Å². The summed E-state index contributed by atoms with van der Waals surface area (Å²) in [4.78, 5) is 11.2. The molecule has 0 heterocycles. The van der Waals surface area contributed by atoms with Gasteiger partial charge in [-0.05, 0) is 0 Å². The first-order chi connectivity index (χ1) is 8.65. The van der Waals surface area contributed by atoms with Crippen molar-refractivity contribution in [3.8, 4) is 17.2 Å². The van der Waals surface area contributed by atoms with Gasteiger partial charge in [-0.15, -0.1) is 0 Å². The molecule has 0 radical (unpaired) electrons. The maximum Gasteiger partial charge on any atom is 0.234 e. The topological polar surface area (TPSA) is 82.8 Å². The second-order valence-electron chi connectivity index (χ2n) is 3.49. The van der Waals surface area contributed by atoms with Crippen LogP contribution >= 0.6 is 0 Å². The van der Waals surface area contributed by atoms with Crippen molar-refractivity contribution in [1.29, 1.82) is 0 Å². The maximum absolute atomic E-state index is 11.2. The van der Waals surface area contributed by atoms with E-state index in [0.717, 1.165) is 5.56 Å². The Morgan fingerprint density at radius 2 is 1.72 bits per heavy atom. The molecule has 0 aliphatic rings. The monoisotopic (exact) mass is 254 g/mol. The number of hydrogen-bond donors (Lipinski definition) is 2. The van der Waals surface area contributed by atoms with Gasteiger partial charge in [-0.25, -0.2) is 0 Å². The molecule has 1 amide bonds. The summed E-state index contributed by atoms with van der Waals surface area (Å²) < 4.78 is 15.6. The molecule has 0 saturated heterocycles. The third-order valence-electron chi connectivity index (χ3n) is 2.46. The third kappa shape index (κ3) is 3.27. The van der Waals surface area contributed by atoms with E-state index in [4.69, 9.17) is 19.9 Å². The highest BCUT2D eigenvalue weighted by Gasteiger charge is 2.13. The zero-order valence-corrected chi connectivity index (χ0v) is 10.8. The highest BCUT2D eigenvalue weighted by molar-refractivity contribution is 5.77. The molecule has 1 aromatic rings. The van der Waals surface area contributed by atoms with Crippen molar-refractivity contribution in [2.45, 2.75) is 6.54 Å². The fourth-order valence-corrected chi connectivity index (χ4v) is 1.51. The molecular formula is C12H18N2O4. The lowest BCUT2D eigenvalue weighted by Crippen LogP contribution is -2.30. The van der Waals surface area contributed by atoms with Crippen LogP contribution in [0.5, 0.6) is 17.2 Å². The van der Waals surface area contributed by atoms with Crippen molar-refractivity contribution in [1.82, 2.24) is 5.32 Å². The van der Waals surface area contributed by atoms with Crippen LogP contribution in [-0.2, 0) is 11.3 Å². The minimum absolute atomic E-state index is 0.0548. The first-order valence-corrected chi connectivity index (χ1v) is 5.41. The number of rotatable bonds is 6. The molecule has 0 unspecified atom stereocenters. The number of methoxy groups -OCH3 is 3. The second-order valence-corrected chi connectivity index (χ2v) is 3.49. The van der Waals surface area contributed by atoms with Crippen LogP contribution in [0.4, 0.5) is 0 Å². The largest absolute Gasteiger partial charge is 0.496 e. The Kier molecular flexibility index (Phi) is 5.26. The number of amides is 1. The predicted octanol–water partition coefficient (Wildman–Crippen LogP) is 0.287. The fourth-order valence-electron chi connectivity index (χ4n) is 1.51. The first kappa shape index (κ1) is 14.1. The van der Waals surface area contributed by atoms with E-state index in [0.29, 0.717) is 17.2 Å². The normalized spacial score (nSPS) is 9.78. The van der Waals surface area contributed by atoms with Gasteiger partial charge in [-0.2, -0.15) is 0 Å². The van der Waals surface area contributed by atoms with E-state index in [1.165, 1.54) is 0 Å². The third-order valence-corrected chi connectivity index (χ3v) is 2.46. The summed E-state index contributed by atoms with van der Waals surface area (Å²) in [5.41, 5.74) is 5.97. The molecule has 0 atom stereocenters. The summed E-state index contributed by atoms with van der Waals surface area (Å²) in [6.45, 7) is 0.229. The van der Waals surface area contributed by atoms with E-state index in [-0.39, 0.29) is 19.0 Å². The predicted molar refractivity (Wildman–Crippen MR) is 67.0 cm³/mol. The fraction of sp³-hybridized carbons (Fsp3) is 0.417. The summed E-state index contributed by atoms with van der Waals surface area (Å²) in [6.07, 6.45) is 0. The average molecular weight is 254 g/mol. The van der Waals surface area contributed by atoms with Crippen LogP contribution in [0.1, 0.15) is 5.56 Å². The Morgan fingerprint density at radius 1 is 1.17 bits per heavy atom. The van der Waals surface area contributed by atoms with Gasteiger partial charge in [0.1, 0.15) is 17.2 Å². The number of hydrogen-bond acceptors (Lipinski definition) is 5. The zero-order chi connectivity index (χ0) is 13.5. The van der Waals surface area contributed by atoms with E-state index < -0.39 is 0 Å². The Bertz CT molecular complexity index is 396. The van der Waals surface area contributed by atoms with Crippen LogP contribution < -0.4 is 25.3 Å². The number of benzene rings is 1. The van der Waals surface area contributed by atoms with Gasteiger partial charge in [-0.1, -0.05) is 0 Å². The molecule has 3 N–H and O–H groups in total. The number of nitrogens with two attached hydrogens (primary N) is 1. The molecule has 0 saturated carbocycles. The molecule has 1 aromatic carbocycles. The summed E-state index contributed by atoms with van der Waals surface area (Å²) in [5, 5.41) is 2.67. The van der Waals surface area contributed by atoms with Gasteiger partial charge in [0.2, 0.25) is 5.91 Å². The lowest BCUT2D eigenvalue weighted by Gasteiger charge is -2.15. The van der Waals surface area contributed by atoms with Crippen LogP contribution in [-0.4, -0.2) is 33.8 Å². The molecule has 6 nitrogen and oxygen atoms in total. The highest BCUT2D eigenvalue weighted by atomic mass is 16.5. The molecule has 1 rings (SSSR count). The molecule has 18 heavy (non-hydrogen) atoms. The van der Waals surface area contributed by atoms with E-state index >= 15 is 0 Å². The molecule has 0 aromatic heterocycles. The van der Waals surface area contributed by atoms with Gasteiger partial charge in [0.15, 0.2) is 0 Å². The van der Waals surface area contributed by atoms with E-state index in [9.17, 15) is 4.79 Å². The van der Waals surface area contributed by atoms with Crippen LogP contribution in [0.2, 0.25) is 0 Å². The Labute approximate surface area is 106 Å². The maximum atomic E-state index is 11.2. The van der Waals surface area contributed by atoms with E-state index in [2.05, 4.69) is 5.32 Å². The first-order valence-electron chi connectivity index (χ1n) is 5.41. The van der Waals surface area contributed by atoms with Crippen LogP contribution in [0.15, 0.2) is 12.1 Å². The molecule has 0 aliphatic carbocycles. The summed E-state index contributed by atoms with van der Waals surface area (Å²) in [6, 6.07) is 3.46. The minimum atomic E-state index is -0.241. The standard InChI is InChI=1S/C12H18N2O4/c1-16-8-4-10(17-2)9(11(5-8)18-3)7-14-12(15)6-13/h4-5H,6-7,13H2,1-3H3,(H,14,15). The van der Waals surface area contributed by atoms with Gasteiger partial charge >= 0.3 is 0 Å². The number of ether oxygens (including phenoxy) is 3. The summed E-state index contributed by atoms with van der Waals surface area (Å²) >= 11 is 0. The molecule has 0 aliphatic heterocycles. The lowest BCUT2D eigenvalue weighted by atomic mass is 10.1. The van der Waals surface area contributed by atoms with Crippen molar-refractivity contribution in [2.24, 2.45) is 5.73 Å². The lowest BCUT2D eigenvalue weighted by molar-refractivity contribution is -0.119. The van der Waals surface area contributed by atoms with Gasteiger partial charge in [0.25, 0.3) is 0 Å². The van der Waals surface area contributed by atoms with Gasteiger partial charge in [-0.3, -0.25) is 4.79 Å². The Hall–Kier alpha value is -1.95. The molecule has 0 fully saturated rings.